The average molecular weight is 789 g/mol. The Balaban J connectivity index is 1.59. The van der Waals surface area contributed by atoms with Crippen LogP contribution in [0.4, 0.5) is 4.39 Å². The molecule has 1 amide bonds. The third kappa shape index (κ3) is 4.87. The van der Waals surface area contributed by atoms with E-state index in [-0.39, 0.29) is 17.7 Å². The summed E-state index contributed by atoms with van der Waals surface area (Å²) < 4.78 is 53.0. The Kier molecular flexibility index (Phi) is 6.63. The maximum atomic E-state index is 13.9. The number of hydrogen-bond donors (Lipinski definition) is 2. The third-order valence-electron chi connectivity index (χ3n) is 6.39. The molecule has 1 aromatic carbocycles. The minimum atomic E-state index is -5.18. The van der Waals surface area contributed by atoms with Crippen LogP contribution in [0.15, 0.2) is 12.1 Å². The Morgan fingerprint density at radius 3 is 2.35 bits per heavy atom. The van der Waals surface area contributed by atoms with Crippen LogP contribution in [0, 0.1) is 22.5 Å². The molecule has 0 radical (unpaired) electrons. The quantitative estimate of drug-likeness (QED) is 0.202. The average Bonchev–Trinajstić information content (AvgIpc) is 2.61. The Morgan fingerprint density at radius 2 is 1.77 bits per heavy atom. The van der Waals surface area contributed by atoms with Crippen LogP contribution in [-0.4, -0.2) is 41.5 Å². The second kappa shape index (κ2) is 8.45. The van der Waals surface area contributed by atoms with Gasteiger partial charge in [0.1, 0.15) is 5.60 Å². The summed E-state index contributed by atoms with van der Waals surface area (Å²) in [5.41, 5.74) is -4.17. The van der Waals surface area contributed by atoms with Gasteiger partial charge in [-0.05, 0) is 124 Å². The summed E-state index contributed by atoms with van der Waals surface area (Å²) >= 11 is 6.51. The molecule has 2 N–H and O–H groups in total. The lowest BCUT2D eigenvalue weighted by atomic mass is 9.51. The van der Waals surface area contributed by atoms with Gasteiger partial charge in [0.2, 0.25) is 0 Å². The first-order valence-corrected chi connectivity index (χ1v) is 14.4. The predicted molar refractivity (Wildman–Crippen MR) is 135 cm³/mol. The summed E-state index contributed by atoms with van der Waals surface area (Å²) in [6, 6.07) is 3.82. The van der Waals surface area contributed by atoms with E-state index < -0.39 is 32.7 Å². The number of benzene rings is 1. The van der Waals surface area contributed by atoms with Crippen molar-refractivity contribution in [3.05, 3.63) is 28.4 Å². The molecule has 4 aliphatic carbocycles. The fourth-order valence-corrected chi connectivity index (χ4v) is 8.55. The monoisotopic (exact) mass is 789 g/mol. The lowest BCUT2D eigenvalue weighted by Gasteiger charge is -2.61. The number of halogens is 4. The van der Waals surface area contributed by atoms with Gasteiger partial charge in [-0.2, -0.15) is 8.42 Å². The molecule has 3 atom stereocenters. The first-order valence-electron chi connectivity index (χ1n) is 9.62. The topological polar surface area (TPSA) is 110 Å². The summed E-state index contributed by atoms with van der Waals surface area (Å²) in [5.74, 6) is -1.42. The van der Waals surface area contributed by atoms with Crippen molar-refractivity contribution in [2.75, 3.05) is 0 Å². The van der Waals surface area contributed by atoms with Crippen molar-refractivity contribution in [1.29, 1.82) is 0 Å². The minimum absolute atomic E-state index is 0.188. The van der Waals surface area contributed by atoms with Crippen molar-refractivity contribution >= 4 is 89.8 Å². The Hall–Kier alpha value is 0.190. The Morgan fingerprint density at radius 1 is 1.16 bits per heavy atom. The number of nitrogens with one attached hydrogen (secondary N) is 1. The molecule has 0 aromatic heterocycles. The number of esters is 1. The van der Waals surface area contributed by atoms with Gasteiger partial charge in [0.05, 0.1) is 5.56 Å². The molecule has 170 valence electrons. The van der Waals surface area contributed by atoms with Crippen molar-refractivity contribution < 1.29 is 31.7 Å². The summed E-state index contributed by atoms with van der Waals surface area (Å²) in [5, 5.41) is 3.19. The first kappa shape index (κ1) is 24.3. The first-order chi connectivity index (χ1) is 14.3. The molecule has 0 heterocycles. The van der Waals surface area contributed by atoms with Crippen LogP contribution in [0.25, 0.3) is 0 Å². The van der Waals surface area contributed by atoms with Crippen LogP contribution < -0.4 is 5.32 Å². The lowest BCUT2D eigenvalue weighted by Crippen LogP contribution is -2.66. The third-order valence-corrected chi connectivity index (χ3v) is 10.8. The van der Waals surface area contributed by atoms with Crippen molar-refractivity contribution in [3.63, 3.8) is 0 Å². The van der Waals surface area contributed by atoms with Gasteiger partial charge < -0.3 is 10.1 Å². The van der Waals surface area contributed by atoms with Gasteiger partial charge in [-0.3, -0.25) is 9.35 Å². The van der Waals surface area contributed by atoms with E-state index in [2.05, 4.69) is 73.1 Å². The molecule has 3 unspecified atom stereocenters. The number of carbonyl (C=O) groups is 2. The van der Waals surface area contributed by atoms with Crippen molar-refractivity contribution in [2.24, 2.45) is 11.8 Å². The van der Waals surface area contributed by atoms with E-state index in [0.717, 1.165) is 30.0 Å². The number of carbonyl (C=O) groups excluding carboxylic acids is 2. The van der Waals surface area contributed by atoms with E-state index in [0.29, 0.717) is 24.8 Å². The van der Waals surface area contributed by atoms with Crippen molar-refractivity contribution in [1.82, 2.24) is 5.32 Å². The van der Waals surface area contributed by atoms with E-state index in [1.54, 1.807) is 0 Å². The molecule has 0 spiro atoms. The van der Waals surface area contributed by atoms with Crippen LogP contribution in [0.5, 0.6) is 0 Å². The summed E-state index contributed by atoms with van der Waals surface area (Å²) in [7, 11) is -5.18. The molecule has 0 saturated heterocycles. The highest BCUT2D eigenvalue weighted by molar-refractivity contribution is 14.1. The SMILES string of the molecule is O=C(NC12CC3CC(C1)CC(OC(=O)C(F)S(=O)(=O)O)(C3)C2)c1cc(I)cc(I)c1I. The van der Waals surface area contributed by atoms with Crippen molar-refractivity contribution in [3.8, 4) is 0 Å². The molecule has 0 aliphatic heterocycles. The molecule has 4 bridgehead atoms. The van der Waals surface area contributed by atoms with Gasteiger partial charge in [0.15, 0.2) is 0 Å². The standard InChI is InChI=1S/C19H19FI3NO6S/c20-15(31(27,28)29)17(26)30-19-6-9-1-10(7-19)5-18(4-9,8-19)24-16(25)12-2-11(21)3-13(22)14(12)23/h2-3,9-10,15H,1,4-8H2,(H,24,25)(H,27,28,29). The van der Waals surface area contributed by atoms with Crippen LogP contribution in [-0.2, 0) is 19.6 Å². The van der Waals surface area contributed by atoms with Crippen molar-refractivity contribution in [2.45, 2.75) is 55.2 Å². The molecule has 4 saturated carbocycles. The Labute approximate surface area is 220 Å². The second-order valence-corrected chi connectivity index (χ2v) is 13.8. The molecule has 12 heteroatoms. The molecular weight excluding hydrogens is 770 g/mol. The zero-order valence-electron chi connectivity index (χ0n) is 16.0. The lowest BCUT2D eigenvalue weighted by molar-refractivity contribution is -0.193. The summed E-state index contributed by atoms with van der Waals surface area (Å²) in [4.78, 5) is 25.3. The van der Waals surface area contributed by atoms with Gasteiger partial charge in [0.25, 0.3) is 5.91 Å². The zero-order valence-corrected chi connectivity index (χ0v) is 23.3. The number of amides is 1. The van der Waals surface area contributed by atoms with E-state index >= 15 is 0 Å². The number of hydrogen-bond acceptors (Lipinski definition) is 5. The van der Waals surface area contributed by atoms with Crippen LogP contribution in [0.3, 0.4) is 0 Å². The fraction of sp³-hybridized carbons (Fsp3) is 0.579. The highest BCUT2D eigenvalue weighted by atomic mass is 127. The zero-order chi connectivity index (χ0) is 22.8. The van der Waals surface area contributed by atoms with E-state index in [1.165, 1.54) is 0 Å². The summed E-state index contributed by atoms with van der Waals surface area (Å²) in [6.45, 7) is 0. The minimum Gasteiger partial charge on any atom is -0.456 e. The largest absolute Gasteiger partial charge is 0.456 e. The highest BCUT2D eigenvalue weighted by Crippen LogP contribution is 2.59. The van der Waals surface area contributed by atoms with Crippen LogP contribution in [0.1, 0.15) is 48.9 Å². The Bertz CT molecular complexity index is 1050. The second-order valence-electron chi connectivity index (χ2n) is 8.88. The van der Waals surface area contributed by atoms with Gasteiger partial charge >= 0.3 is 21.6 Å². The molecule has 7 nitrogen and oxygen atoms in total. The van der Waals surface area contributed by atoms with Crippen LogP contribution in [0.2, 0.25) is 0 Å². The highest BCUT2D eigenvalue weighted by Gasteiger charge is 2.60. The van der Waals surface area contributed by atoms with Crippen LogP contribution >= 0.6 is 67.8 Å². The molecule has 4 fully saturated rings. The molecule has 31 heavy (non-hydrogen) atoms. The van der Waals surface area contributed by atoms with Gasteiger partial charge in [-0.25, -0.2) is 9.18 Å². The smallest absolute Gasteiger partial charge is 0.359 e. The fourth-order valence-electron chi connectivity index (χ4n) is 5.85. The molecular formula is C19H19FI3NO6S. The van der Waals surface area contributed by atoms with Gasteiger partial charge in [0, 0.05) is 22.7 Å². The van der Waals surface area contributed by atoms with E-state index in [9.17, 15) is 22.4 Å². The normalized spacial score (nSPS) is 32.5. The molecule has 5 rings (SSSR count). The number of rotatable bonds is 5. The van der Waals surface area contributed by atoms with Gasteiger partial charge in [-0.15, -0.1) is 0 Å². The molecule has 4 aliphatic rings. The predicted octanol–water partition coefficient (Wildman–Crippen LogP) is 4.05. The number of alkyl halides is 1. The molecule has 1 aromatic rings. The van der Waals surface area contributed by atoms with E-state index in [4.69, 9.17) is 9.29 Å². The maximum absolute atomic E-state index is 13.9. The van der Waals surface area contributed by atoms with E-state index in [1.807, 2.05) is 12.1 Å². The number of ether oxygens (including phenoxy) is 1. The summed E-state index contributed by atoms with van der Waals surface area (Å²) in [6.07, 6.45) is 3.73. The van der Waals surface area contributed by atoms with Gasteiger partial charge in [-0.1, -0.05) is 0 Å². The maximum Gasteiger partial charge on any atom is 0.359 e.